The lowest BCUT2D eigenvalue weighted by atomic mass is 10.1. The maximum atomic E-state index is 11.8. The van der Waals surface area contributed by atoms with Gasteiger partial charge in [0, 0.05) is 11.3 Å². The predicted molar refractivity (Wildman–Crippen MR) is 109 cm³/mol. The number of ether oxygens (including phenoxy) is 1. The van der Waals surface area contributed by atoms with Crippen LogP contribution in [-0.4, -0.2) is 34.5 Å². The zero-order valence-electron chi connectivity index (χ0n) is 16.0. The number of hydrogen-bond donors (Lipinski definition) is 3. The van der Waals surface area contributed by atoms with Crippen LogP contribution < -0.4 is 10.5 Å². The standard InChI is InChI=1S/C19H24N6O3S/c20-29(26,27)15-8-7-13(10-28-14-5-3-1-2-4-6-14)16(9-15)25-19-17-18(22-11-21-17)23-12-24-19/h7-9,11-12,14H,1-6,10H2,(H2,20,26,27)(H2,21,22,23,24,25). The topological polar surface area (TPSA) is 136 Å². The summed E-state index contributed by atoms with van der Waals surface area (Å²) in [6.45, 7) is 0.370. The summed E-state index contributed by atoms with van der Waals surface area (Å²) in [6.07, 6.45) is 10.1. The number of benzene rings is 1. The molecule has 2 heterocycles. The summed E-state index contributed by atoms with van der Waals surface area (Å²) in [5.41, 5.74) is 2.54. The number of anilines is 2. The number of H-pyrrole nitrogens is 1. The van der Waals surface area contributed by atoms with Crippen molar-refractivity contribution < 1.29 is 13.2 Å². The van der Waals surface area contributed by atoms with Gasteiger partial charge in [0.05, 0.1) is 23.9 Å². The van der Waals surface area contributed by atoms with Crippen LogP contribution in [0, 0.1) is 0 Å². The SMILES string of the molecule is NS(=O)(=O)c1ccc(COC2CCCCCC2)c(Nc2ncnc3nc[nH]c23)c1. The summed E-state index contributed by atoms with van der Waals surface area (Å²) < 4.78 is 29.8. The molecule has 0 spiro atoms. The van der Waals surface area contributed by atoms with Crippen molar-refractivity contribution in [1.29, 1.82) is 0 Å². The maximum absolute atomic E-state index is 11.8. The van der Waals surface area contributed by atoms with E-state index in [-0.39, 0.29) is 11.0 Å². The van der Waals surface area contributed by atoms with Gasteiger partial charge in [-0.1, -0.05) is 31.7 Å². The Hall–Kier alpha value is -2.56. The Morgan fingerprint density at radius 3 is 2.69 bits per heavy atom. The normalized spacial score (nSPS) is 16.0. The summed E-state index contributed by atoms with van der Waals surface area (Å²) in [7, 11) is -3.84. The monoisotopic (exact) mass is 416 g/mol. The second kappa shape index (κ2) is 8.44. The number of fused-ring (bicyclic) bond motifs is 1. The van der Waals surface area contributed by atoms with Crippen molar-refractivity contribution in [3.63, 3.8) is 0 Å². The number of sulfonamides is 1. The third-order valence-electron chi connectivity index (χ3n) is 5.16. The van der Waals surface area contributed by atoms with Gasteiger partial charge in [0.15, 0.2) is 11.5 Å². The Morgan fingerprint density at radius 1 is 1.14 bits per heavy atom. The third-order valence-corrected chi connectivity index (χ3v) is 6.07. The fraction of sp³-hybridized carbons (Fsp3) is 0.421. The Labute approximate surface area is 169 Å². The van der Waals surface area contributed by atoms with E-state index < -0.39 is 10.0 Å². The first-order valence-electron chi connectivity index (χ1n) is 9.69. The molecule has 0 aliphatic heterocycles. The number of nitrogens with one attached hydrogen (secondary N) is 2. The van der Waals surface area contributed by atoms with Crippen LogP contribution in [-0.2, 0) is 21.4 Å². The van der Waals surface area contributed by atoms with Crippen LogP contribution in [0.25, 0.3) is 11.2 Å². The Morgan fingerprint density at radius 2 is 1.93 bits per heavy atom. The second-order valence-corrected chi connectivity index (χ2v) is 8.80. The molecule has 1 aliphatic carbocycles. The zero-order chi connectivity index (χ0) is 20.3. The lowest BCUT2D eigenvalue weighted by molar-refractivity contribution is 0.0312. The molecule has 1 aliphatic rings. The average Bonchev–Trinajstić information content (AvgIpc) is 3.03. The first-order valence-corrected chi connectivity index (χ1v) is 11.2. The molecule has 0 bridgehead atoms. The molecule has 0 amide bonds. The molecular formula is C19H24N6O3S. The number of aromatic nitrogens is 4. The average molecular weight is 417 g/mol. The predicted octanol–water partition coefficient (Wildman–Crippen LogP) is 2.98. The number of hydrogen-bond acceptors (Lipinski definition) is 7. The maximum Gasteiger partial charge on any atom is 0.238 e. The summed E-state index contributed by atoms with van der Waals surface area (Å²) in [5, 5.41) is 8.51. The third kappa shape index (κ3) is 4.72. The Bertz CT molecular complexity index is 1090. The van der Waals surface area contributed by atoms with Crippen molar-refractivity contribution in [1.82, 2.24) is 19.9 Å². The first kappa shape index (κ1) is 19.7. The van der Waals surface area contributed by atoms with E-state index in [4.69, 9.17) is 9.88 Å². The summed E-state index contributed by atoms with van der Waals surface area (Å²) >= 11 is 0. The Kier molecular flexibility index (Phi) is 5.74. The molecule has 0 unspecified atom stereocenters. The lowest BCUT2D eigenvalue weighted by Crippen LogP contribution is -2.14. The van der Waals surface area contributed by atoms with Gasteiger partial charge < -0.3 is 15.0 Å². The zero-order valence-corrected chi connectivity index (χ0v) is 16.8. The molecule has 1 fully saturated rings. The molecule has 154 valence electrons. The van der Waals surface area contributed by atoms with Gasteiger partial charge in [0.2, 0.25) is 10.0 Å². The van der Waals surface area contributed by atoms with E-state index in [0.717, 1.165) is 18.4 Å². The van der Waals surface area contributed by atoms with Gasteiger partial charge in [0.1, 0.15) is 11.8 Å². The highest BCUT2D eigenvalue weighted by molar-refractivity contribution is 7.89. The van der Waals surface area contributed by atoms with Gasteiger partial charge in [-0.25, -0.2) is 28.5 Å². The molecule has 29 heavy (non-hydrogen) atoms. The minimum Gasteiger partial charge on any atom is -0.373 e. The van der Waals surface area contributed by atoms with Crippen molar-refractivity contribution in [2.75, 3.05) is 5.32 Å². The first-order chi connectivity index (χ1) is 14.0. The molecular weight excluding hydrogens is 392 g/mol. The van der Waals surface area contributed by atoms with E-state index in [0.29, 0.717) is 29.3 Å². The van der Waals surface area contributed by atoms with Crippen LogP contribution in [0.15, 0.2) is 35.7 Å². The minimum atomic E-state index is -3.84. The van der Waals surface area contributed by atoms with E-state index in [1.165, 1.54) is 50.5 Å². The summed E-state index contributed by atoms with van der Waals surface area (Å²) in [5.74, 6) is 0.495. The fourth-order valence-corrected chi connectivity index (χ4v) is 4.12. The quantitative estimate of drug-likeness (QED) is 0.525. The van der Waals surface area contributed by atoms with E-state index in [1.54, 1.807) is 6.07 Å². The number of aromatic amines is 1. The molecule has 2 aromatic heterocycles. The smallest absolute Gasteiger partial charge is 0.238 e. The molecule has 4 rings (SSSR count). The van der Waals surface area contributed by atoms with Gasteiger partial charge in [-0.05, 0) is 25.0 Å². The highest BCUT2D eigenvalue weighted by Gasteiger charge is 2.17. The van der Waals surface area contributed by atoms with Gasteiger partial charge >= 0.3 is 0 Å². The molecule has 4 N–H and O–H groups in total. The molecule has 0 saturated heterocycles. The molecule has 3 aromatic rings. The van der Waals surface area contributed by atoms with Crippen LogP contribution in [0.1, 0.15) is 44.1 Å². The number of primary sulfonamides is 1. The molecule has 9 nitrogen and oxygen atoms in total. The van der Waals surface area contributed by atoms with Gasteiger partial charge in [-0.3, -0.25) is 0 Å². The number of nitrogens with two attached hydrogens (primary N) is 1. The summed E-state index contributed by atoms with van der Waals surface area (Å²) in [6, 6.07) is 4.73. The van der Waals surface area contributed by atoms with Crippen molar-refractivity contribution in [2.45, 2.75) is 56.1 Å². The minimum absolute atomic E-state index is 0.0214. The molecule has 0 atom stereocenters. The number of nitrogens with zero attached hydrogens (tertiary/aromatic N) is 3. The highest BCUT2D eigenvalue weighted by Crippen LogP contribution is 2.28. The fourth-order valence-electron chi connectivity index (χ4n) is 3.58. The van der Waals surface area contributed by atoms with Gasteiger partial charge in [0.25, 0.3) is 0 Å². The van der Waals surface area contributed by atoms with Crippen LogP contribution in [0.2, 0.25) is 0 Å². The summed E-state index contributed by atoms with van der Waals surface area (Å²) in [4.78, 5) is 15.5. The Balaban J connectivity index is 1.63. The van der Waals surface area contributed by atoms with E-state index in [2.05, 4.69) is 25.3 Å². The molecule has 1 aromatic carbocycles. The van der Waals surface area contributed by atoms with E-state index >= 15 is 0 Å². The van der Waals surface area contributed by atoms with Crippen LogP contribution in [0.3, 0.4) is 0 Å². The number of imidazole rings is 1. The molecule has 1 saturated carbocycles. The van der Waals surface area contributed by atoms with E-state index in [1.807, 2.05) is 0 Å². The van der Waals surface area contributed by atoms with Crippen LogP contribution in [0.4, 0.5) is 11.5 Å². The van der Waals surface area contributed by atoms with Gasteiger partial charge in [-0.15, -0.1) is 0 Å². The lowest BCUT2D eigenvalue weighted by Gasteiger charge is -2.18. The van der Waals surface area contributed by atoms with Crippen LogP contribution >= 0.6 is 0 Å². The van der Waals surface area contributed by atoms with Crippen LogP contribution in [0.5, 0.6) is 0 Å². The molecule has 0 radical (unpaired) electrons. The second-order valence-electron chi connectivity index (χ2n) is 7.24. The molecule has 10 heteroatoms. The van der Waals surface area contributed by atoms with E-state index in [9.17, 15) is 8.42 Å². The van der Waals surface area contributed by atoms with Crippen molar-refractivity contribution in [3.05, 3.63) is 36.4 Å². The van der Waals surface area contributed by atoms with Crippen molar-refractivity contribution in [2.24, 2.45) is 5.14 Å². The largest absolute Gasteiger partial charge is 0.373 e. The van der Waals surface area contributed by atoms with Gasteiger partial charge in [-0.2, -0.15) is 0 Å². The highest BCUT2D eigenvalue weighted by atomic mass is 32.2. The number of rotatable bonds is 6. The van der Waals surface area contributed by atoms with Crippen molar-refractivity contribution >= 4 is 32.7 Å². The van der Waals surface area contributed by atoms with Crippen molar-refractivity contribution in [3.8, 4) is 0 Å².